The summed E-state index contributed by atoms with van der Waals surface area (Å²) in [4.78, 5) is 41.3. The molecule has 2 aliphatic heterocycles. The van der Waals surface area contributed by atoms with Gasteiger partial charge in [-0.2, -0.15) is 0 Å². The van der Waals surface area contributed by atoms with Crippen molar-refractivity contribution >= 4 is 40.4 Å². The second kappa shape index (κ2) is 7.92. The van der Waals surface area contributed by atoms with Gasteiger partial charge in [0.15, 0.2) is 0 Å². The average molecular weight is 435 g/mol. The van der Waals surface area contributed by atoms with E-state index in [-0.39, 0.29) is 11.8 Å². The van der Waals surface area contributed by atoms with Gasteiger partial charge in [0.1, 0.15) is 11.5 Å². The number of rotatable bonds is 4. The van der Waals surface area contributed by atoms with Crippen LogP contribution in [0.5, 0.6) is 0 Å². The molecule has 2 aromatic heterocycles. The average Bonchev–Trinajstić information content (AvgIpc) is 3.41. The van der Waals surface area contributed by atoms with Crippen LogP contribution in [-0.4, -0.2) is 52.9 Å². The van der Waals surface area contributed by atoms with Crippen molar-refractivity contribution in [2.45, 2.75) is 0 Å². The van der Waals surface area contributed by atoms with Crippen LogP contribution in [-0.2, 0) is 9.59 Å². The molecule has 31 heavy (non-hydrogen) atoms. The Morgan fingerprint density at radius 1 is 0.839 bits per heavy atom. The molecule has 7 nitrogen and oxygen atoms in total. The van der Waals surface area contributed by atoms with Crippen LogP contribution in [0, 0.1) is 5.82 Å². The van der Waals surface area contributed by atoms with Crippen LogP contribution in [0.15, 0.2) is 65.9 Å². The first kappa shape index (κ1) is 19.4. The molecule has 5 rings (SSSR count). The zero-order valence-electron chi connectivity index (χ0n) is 16.4. The molecule has 0 bridgehead atoms. The molecular weight excluding hydrogens is 417 g/mol. The van der Waals surface area contributed by atoms with E-state index in [9.17, 15) is 14.0 Å². The standard InChI is InChI=1S/C22H18FN5O2S/c23-15-4-6-16(7-5-15)28-20(29)18(17-3-1-14-31-17)19(21(28)30)26-10-12-27(13-11-26)22-24-8-2-9-25-22/h1-9,14H,10-13H2. The number of halogens is 1. The zero-order chi connectivity index (χ0) is 21.4. The fraction of sp³-hybridized carbons (Fsp3) is 0.182. The number of hydrogen-bond donors (Lipinski definition) is 0. The van der Waals surface area contributed by atoms with Crippen LogP contribution in [0.3, 0.4) is 0 Å². The third-order valence-electron chi connectivity index (χ3n) is 5.34. The van der Waals surface area contributed by atoms with Crippen molar-refractivity contribution in [2.75, 3.05) is 36.0 Å². The van der Waals surface area contributed by atoms with Crippen molar-refractivity contribution in [2.24, 2.45) is 0 Å². The molecule has 0 atom stereocenters. The Morgan fingerprint density at radius 2 is 1.52 bits per heavy atom. The van der Waals surface area contributed by atoms with E-state index in [2.05, 4.69) is 14.9 Å². The van der Waals surface area contributed by atoms with Gasteiger partial charge in [-0.05, 0) is 41.8 Å². The minimum absolute atomic E-state index is 0.358. The first-order valence-corrected chi connectivity index (χ1v) is 10.7. The van der Waals surface area contributed by atoms with Crippen molar-refractivity contribution in [3.05, 3.63) is 76.6 Å². The number of piperazine rings is 1. The van der Waals surface area contributed by atoms with E-state index < -0.39 is 5.82 Å². The van der Waals surface area contributed by atoms with Crippen LogP contribution in [0.4, 0.5) is 16.0 Å². The van der Waals surface area contributed by atoms with Gasteiger partial charge in [0.2, 0.25) is 5.95 Å². The van der Waals surface area contributed by atoms with Crippen LogP contribution in [0.1, 0.15) is 4.88 Å². The Bertz CT molecular complexity index is 1140. The van der Waals surface area contributed by atoms with Gasteiger partial charge in [-0.25, -0.2) is 19.3 Å². The summed E-state index contributed by atoms with van der Waals surface area (Å²) in [6.45, 7) is 2.37. The number of carbonyl (C=O) groups excluding carboxylic acids is 2. The topological polar surface area (TPSA) is 69.6 Å². The Morgan fingerprint density at radius 3 is 2.16 bits per heavy atom. The lowest BCUT2D eigenvalue weighted by molar-refractivity contribution is -0.120. The highest BCUT2D eigenvalue weighted by atomic mass is 32.1. The van der Waals surface area contributed by atoms with Gasteiger partial charge < -0.3 is 9.80 Å². The first-order chi connectivity index (χ1) is 15.1. The number of aromatic nitrogens is 2. The molecule has 4 heterocycles. The number of benzene rings is 1. The molecule has 0 unspecified atom stereocenters. The molecule has 9 heteroatoms. The van der Waals surface area contributed by atoms with E-state index in [0.717, 1.165) is 9.78 Å². The lowest BCUT2D eigenvalue weighted by Gasteiger charge is -2.36. The Labute approximate surface area is 182 Å². The van der Waals surface area contributed by atoms with Gasteiger partial charge in [0.25, 0.3) is 11.8 Å². The van der Waals surface area contributed by atoms with Gasteiger partial charge in [-0.15, -0.1) is 11.3 Å². The van der Waals surface area contributed by atoms with Gasteiger partial charge in [-0.3, -0.25) is 9.59 Å². The second-order valence-electron chi connectivity index (χ2n) is 7.15. The monoisotopic (exact) mass is 435 g/mol. The normalized spacial score (nSPS) is 17.1. The quantitative estimate of drug-likeness (QED) is 0.587. The fourth-order valence-electron chi connectivity index (χ4n) is 3.86. The van der Waals surface area contributed by atoms with Gasteiger partial charge in [-0.1, -0.05) is 6.07 Å². The third-order valence-corrected chi connectivity index (χ3v) is 6.23. The minimum atomic E-state index is -0.422. The van der Waals surface area contributed by atoms with Crippen molar-refractivity contribution < 1.29 is 14.0 Å². The molecule has 0 N–H and O–H groups in total. The van der Waals surface area contributed by atoms with Crippen LogP contribution >= 0.6 is 11.3 Å². The predicted octanol–water partition coefficient (Wildman–Crippen LogP) is 2.78. The van der Waals surface area contributed by atoms with E-state index in [4.69, 9.17) is 0 Å². The highest BCUT2D eigenvalue weighted by molar-refractivity contribution is 7.11. The van der Waals surface area contributed by atoms with Crippen molar-refractivity contribution in [3.8, 4) is 0 Å². The number of carbonyl (C=O) groups is 2. The first-order valence-electron chi connectivity index (χ1n) is 9.83. The number of imide groups is 1. The van der Waals surface area contributed by atoms with Crippen LogP contribution in [0.25, 0.3) is 5.57 Å². The molecule has 1 fully saturated rings. The molecule has 156 valence electrons. The summed E-state index contributed by atoms with van der Waals surface area (Å²) in [5, 5.41) is 1.88. The summed E-state index contributed by atoms with van der Waals surface area (Å²) in [5.74, 6) is -0.544. The third kappa shape index (κ3) is 3.46. The summed E-state index contributed by atoms with van der Waals surface area (Å²) in [7, 11) is 0. The summed E-state index contributed by atoms with van der Waals surface area (Å²) < 4.78 is 13.4. The molecule has 0 aliphatic carbocycles. The predicted molar refractivity (Wildman–Crippen MR) is 116 cm³/mol. The maximum atomic E-state index is 13.4. The number of amides is 2. The lowest BCUT2D eigenvalue weighted by Crippen LogP contribution is -2.48. The fourth-order valence-corrected chi connectivity index (χ4v) is 4.63. The maximum Gasteiger partial charge on any atom is 0.282 e. The van der Waals surface area contributed by atoms with Gasteiger partial charge in [0, 0.05) is 43.4 Å². The SMILES string of the molecule is O=C1C(c2cccs2)=C(N2CCN(c3ncccn3)CC2)C(=O)N1c1ccc(F)cc1. The molecule has 0 saturated carbocycles. The Kier molecular flexibility index (Phi) is 4.95. The number of anilines is 2. The summed E-state index contributed by atoms with van der Waals surface area (Å²) in [6, 6.07) is 10.9. The smallest absolute Gasteiger partial charge is 0.282 e. The number of hydrogen-bond acceptors (Lipinski definition) is 7. The zero-order valence-corrected chi connectivity index (χ0v) is 17.3. The molecule has 2 aliphatic rings. The van der Waals surface area contributed by atoms with Gasteiger partial charge in [0.05, 0.1) is 11.3 Å². The highest BCUT2D eigenvalue weighted by Crippen LogP contribution is 2.36. The molecule has 1 saturated heterocycles. The largest absolute Gasteiger partial charge is 0.363 e. The molecular formula is C22H18FN5O2S. The van der Waals surface area contributed by atoms with E-state index in [1.54, 1.807) is 18.5 Å². The van der Waals surface area contributed by atoms with Gasteiger partial charge >= 0.3 is 0 Å². The lowest BCUT2D eigenvalue weighted by atomic mass is 10.1. The Balaban J connectivity index is 1.47. The summed E-state index contributed by atoms with van der Waals surface area (Å²) >= 11 is 1.42. The molecule has 1 aromatic carbocycles. The van der Waals surface area contributed by atoms with E-state index in [1.165, 1.54) is 35.6 Å². The van der Waals surface area contributed by atoms with E-state index in [1.807, 2.05) is 22.4 Å². The van der Waals surface area contributed by atoms with Crippen molar-refractivity contribution in [1.29, 1.82) is 0 Å². The van der Waals surface area contributed by atoms with Crippen LogP contribution in [0.2, 0.25) is 0 Å². The Hall–Kier alpha value is -3.59. The molecule has 3 aromatic rings. The van der Waals surface area contributed by atoms with E-state index >= 15 is 0 Å². The summed E-state index contributed by atoms with van der Waals surface area (Å²) in [6.07, 6.45) is 3.40. The molecule has 0 radical (unpaired) electrons. The maximum absolute atomic E-state index is 13.4. The minimum Gasteiger partial charge on any atom is -0.363 e. The van der Waals surface area contributed by atoms with E-state index in [0.29, 0.717) is 49.1 Å². The van der Waals surface area contributed by atoms with Crippen LogP contribution < -0.4 is 9.80 Å². The number of thiophene rings is 1. The molecule has 2 amide bonds. The second-order valence-corrected chi connectivity index (χ2v) is 8.09. The number of nitrogens with zero attached hydrogens (tertiary/aromatic N) is 5. The molecule has 0 spiro atoms. The van der Waals surface area contributed by atoms with Crippen molar-refractivity contribution in [1.82, 2.24) is 14.9 Å². The summed E-state index contributed by atoms with van der Waals surface area (Å²) in [5.41, 5.74) is 1.15. The van der Waals surface area contributed by atoms with Crippen molar-refractivity contribution in [3.63, 3.8) is 0 Å². The highest BCUT2D eigenvalue weighted by Gasteiger charge is 2.43.